The van der Waals surface area contributed by atoms with Crippen LogP contribution in [0, 0.1) is 0 Å². The lowest BCUT2D eigenvalue weighted by Crippen LogP contribution is -1.66. The van der Waals surface area contributed by atoms with Gasteiger partial charge < -0.3 is 0 Å². The molecule has 0 saturated heterocycles. The summed E-state index contributed by atoms with van der Waals surface area (Å²) in [7, 11) is 1.24. The molecule has 0 heterocycles. The fraction of sp³-hybridized carbons (Fsp3) is 0.500. The Kier molecular flexibility index (Phi) is 3.58. The summed E-state index contributed by atoms with van der Waals surface area (Å²) in [4.78, 5) is 0. The van der Waals surface area contributed by atoms with Crippen LogP contribution < -0.4 is 0 Å². The summed E-state index contributed by atoms with van der Waals surface area (Å²) in [6.07, 6.45) is 1.01. The Labute approximate surface area is 46.6 Å². The van der Waals surface area contributed by atoms with Crippen molar-refractivity contribution in [2.45, 2.75) is 12.5 Å². The molecule has 0 aromatic carbocycles. The number of halogens is 1. The molecule has 0 spiro atoms. The zero-order valence-electron chi connectivity index (χ0n) is 4.00. The number of hydrogen-bond donors (Lipinski definition) is 0. The normalized spacial score (nSPS) is 8.83. The van der Waals surface area contributed by atoms with Crippen LogP contribution in [0.2, 0.25) is 6.04 Å². The van der Waals surface area contributed by atoms with Crippen molar-refractivity contribution in [1.29, 1.82) is 0 Å². The van der Waals surface area contributed by atoms with E-state index in [1.165, 1.54) is 16.3 Å². The Hall–Kier alpha value is 0.247. The first-order valence-electron chi connectivity index (χ1n) is 2.10. The fourth-order valence-electron chi connectivity index (χ4n) is 0.271. The van der Waals surface area contributed by atoms with Crippen molar-refractivity contribution < 1.29 is 0 Å². The maximum Gasteiger partial charge on any atom is 0.0106 e. The molecule has 0 aliphatic carbocycles. The fourth-order valence-corrected chi connectivity index (χ4v) is 1.38. The number of rotatable bonds is 2. The Morgan fingerprint density at radius 2 is 2.33 bits per heavy atom. The van der Waals surface area contributed by atoms with E-state index in [2.05, 4.69) is 6.58 Å². The second kappa shape index (κ2) is 3.44. The molecule has 0 rings (SSSR count). The lowest BCUT2D eigenvalue weighted by atomic mass is 10.5. The van der Waals surface area contributed by atoms with E-state index >= 15 is 0 Å². The highest BCUT2D eigenvalue weighted by Crippen LogP contribution is 2.03. The highest BCUT2D eigenvalue weighted by molar-refractivity contribution is 6.29. The minimum Gasteiger partial charge on any atom is -0.0898 e. The van der Waals surface area contributed by atoms with Crippen LogP contribution in [0.5, 0.6) is 0 Å². The van der Waals surface area contributed by atoms with Crippen LogP contribution in [0.15, 0.2) is 11.6 Å². The van der Waals surface area contributed by atoms with Crippen molar-refractivity contribution in [1.82, 2.24) is 0 Å². The minimum absolute atomic E-state index is 0.796. The highest BCUT2D eigenvalue weighted by Gasteiger charge is 1.79. The van der Waals surface area contributed by atoms with Gasteiger partial charge in [-0.3, -0.25) is 0 Å². The molecule has 2 heteroatoms. The van der Waals surface area contributed by atoms with E-state index in [1.807, 2.05) is 0 Å². The van der Waals surface area contributed by atoms with Gasteiger partial charge in [-0.15, -0.1) is 0 Å². The standard InChI is InChI=1S/C4H9ClSi/c1-4(5)2-3-6/h1-3H2,6H3. The van der Waals surface area contributed by atoms with Gasteiger partial charge in [-0.05, 0) is 6.42 Å². The van der Waals surface area contributed by atoms with Crippen molar-refractivity contribution in [3.63, 3.8) is 0 Å². The SMILES string of the molecule is C=C(Cl)CC[SiH3]. The highest BCUT2D eigenvalue weighted by atomic mass is 35.5. The molecule has 36 valence electrons. The first-order valence-corrected chi connectivity index (χ1v) is 3.90. The summed E-state index contributed by atoms with van der Waals surface area (Å²) >= 11 is 5.41. The van der Waals surface area contributed by atoms with Crippen molar-refractivity contribution in [3.05, 3.63) is 11.6 Å². The molecule has 0 radical (unpaired) electrons. The first-order chi connectivity index (χ1) is 2.77. The van der Waals surface area contributed by atoms with Gasteiger partial charge in [0, 0.05) is 15.3 Å². The van der Waals surface area contributed by atoms with Gasteiger partial charge in [0.25, 0.3) is 0 Å². The summed E-state index contributed by atoms with van der Waals surface area (Å²) in [5.41, 5.74) is 0. The largest absolute Gasteiger partial charge is 0.0898 e. The molecule has 0 unspecified atom stereocenters. The van der Waals surface area contributed by atoms with Gasteiger partial charge in [0.15, 0.2) is 0 Å². The molecule has 0 N–H and O–H groups in total. The lowest BCUT2D eigenvalue weighted by molar-refractivity contribution is 1.19. The molecule has 0 fully saturated rings. The summed E-state index contributed by atoms with van der Waals surface area (Å²) < 4.78 is 0. The molecule has 0 amide bonds. The van der Waals surface area contributed by atoms with Crippen molar-refractivity contribution >= 4 is 21.8 Å². The second-order valence-corrected chi connectivity index (χ2v) is 2.80. The van der Waals surface area contributed by atoms with E-state index in [1.54, 1.807) is 0 Å². The molecule has 0 atom stereocenters. The van der Waals surface area contributed by atoms with E-state index in [-0.39, 0.29) is 0 Å². The summed E-state index contributed by atoms with van der Waals surface area (Å²) in [6, 6.07) is 1.24. The number of allylic oxidation sites excluding steroid dienone is 1. The number of hydrogen-bond acceptors (Lipinski definition) is 0. The Bertz CT molecular complexity index is 51.5. The van der Waals surface area contributed by atoms with E-state index in [4.69, 9.17) is 11.6 Å². The Morgan fingerprint density at radius 1 is 1.83 bits per heavy atom. The van der Waals surface area contributed by atoms with Crippen LogP contribution in [0.4, 0.5) is 0 Å². The van der Waals surface area contributed by atoms with Gasteiger partial charge in [0.05, 0.1) is 0 Å². The van der Waals surface area contributed by atoms with Crippen molar-refractivity contribution in [3.8, 4) is 0 Å². The molecule has 6 heavy (non-hydrogen) atoms. The van der Waals surface area contributed by atoms with Gasteiger partial charge in [-0.1, -0.05) is 24.2 Å². The maximum atomic E-state index is 5.41. The second-order valence-electron chi connectivity index (χ2n) is 1.27. The van der Waals surface area contributed by atoms with Crippen molar-refractivity contribution in [2.24, 2.45) is 0 Å². The van der Waals surface area contributed by atoms with Crippen LogP contribution >= 0.6 is 11.6 Å². The van der Waals surface area contributed by atoms with E-state index < -0.39 is 0 Å². The van der Waals surface area contributed by atoms with Crippen LogP contribution in [0.25, 0.3) is 0 Å². The molecule has 0 aliphatic rings. The average molecular weight is 121 g/mol. The van der Waals surface area contributed by atoms with E-state index in [0.717, 1.165) is 11.5 Å². The average Bonchev–Trinajstić information content (AvgIpc) is 1.35. The van der Waals surface area contributed by atoms with Crippen LogP contribution in [0.1, 0.15) is 6.42 Å². The molecule has 0 aliphatic heterocycles. The zero-order valence-corrected chi connectivity index (χ0v) is 6.76. The topological polar surface area (TPSA) is 0 Å². The molecule has 0 aromatic heterocycles. The third-order valence-corrected chi connectivity index (χ3v) is 1.21. The third kappa shape index (κ3) is 4.25. The van der Waals surface area contributed by atoms with Crippen LogP contribution in [-0.4, -0.2) is 10.2 Å². The van der Waals surface area contributed by atoms with Crippen LogP contribution in [-0.2, 0) is 0 Å². The third-order valence-electron chi connectivity index (χ3n) is 0.521. The Morgan fingerprint density at radius 3 is 2.33 bits per heavy atom. The molecule has 0 nitrogen and oxygen atoms in total. The monoisotopic (exact) mass is 120 g/mol. The van der Waals surface area contributed by atoms with Gasteiger partial charge in [-0.25, -0.2) is 0 Å². The summed E-state index contributed by atoms with van der Waals surface area (Å²) in [5, 5.41) is 0.796. The molecule has 0 aromatic rings. The molecular formula is C4H9ClSi. The summed E-state index contributed by atoms with van der Waals surface area (Å²) in [6.45, 7) is 3.53. The van der Waals surface area contributed by atoms with E-state index in [0.29, 0.717) is 0 Å². The molecular weight excluding hydrogens is 112 g/mol. The van der Waals surface area contributed by atoms with Gasteiger partial charge in [-0.2, -0.15) is 0 Å². The first kappa shape index (κ1) is 6.25. The van der Waals surface area contributed by atoms with Gasteiger partial charge >= 0.3 is 0 Å². The summed E-state index contributed by atoms with van der Waals surface area (Å²) in [5.74, 6) is 0. The minimum atomic E-state index is 0.796. The zero-order chi connectivity index (χ0) is 4.99. The Balaban J connectivity index is 2.83. The predicted octanol–water partition coefficient (Wildman–Crippen LogP) is 0.913. The maximum absolute atomic E-state index is 5.41. The van der Waals surface area contributed by atoms with Gasteiger partial charge in [0.2, 0.25) is 0 Å². The smallest absolute Gasteiger partial charge is 0.0106 e. The van der Waals surface area contributed by atoms with E-state index in [9.17, 15) is 0 Å². The predicted molar refractivity (Wildman–Crippen MR) is 34.4 cm³/mol. The quantitative estimate of drug-likeness (QED) is 0.476. The molecule has 0 saturated carbocycles. The molecule has 0 bridgehead atoms. The van der Waals surface area contributed by atoms with Gasteiger partial charge in [0.1, 0.15) is 0 Å². The van der Waals surface area contributed by atoms with Crippen LogP contribution in [0.3, 0.4) is 0 Å². The van der Waals surface area contributed by atoms with Crippen molar-refractivity contribution in [2.75, 3.05) is 0 Å². The lowest BCUT2D eigenvalue weighted by Gasteiger charge is -1.84.